The van der Waals surface area contributed by atoms with E-state index in [0.29, 0.717) is 23.3 Å². The summed E-state index contributed by atoms with van der Waals surface area (Å²) in [6.07, 6.45) is 2.79. The summed E-state index contributed by atoms with van der Waals surface area (Å²) in [6, 6.07) is 11.5. The van der Waals surface area contributed by atoms with Crippen molar-refractivity contribution in [3.05, 3.63) is 76.6 Å². The molecule has 2 N–H and O–H groups in total. The average molecular weight is 513 g/mol. The molecule has 36 heavy (non-hydrogen) atoms. The number of thioether (sulfide) groups is 1. The predicted molar refractivity (Wildman–Crippen MR) is 133 cm³/mol. The molecule has 12 nitrogen and oxygen atoms in total. The standard InChI is InChI=1S/C23H24N6O6S/c1-4-10-28-20(14-35-18-8-6-5-7-9-18)25-27-23(28)36-15(2)22(31)26-24-13-16-11-17(29(32)33)12-19(34-3)21(16)30/h4-9,11-13,15,30H,1,10,14H2,2-3H3,(H,26,31)/b24-13-/t15-/m0/s1. The number of hydrazone groups is 1. The molecule has 3 aromatic rings. The van der Waals surface area contributed by atoms with Gasteiger partial charge in [0, 0.05) is 18.2 Å². The Morgan fingerprint density at radius 2 is 2.11 bits per heavy atom. The number of ether oxygens (including phenoxy) is 2. The molecule has 0 fully saturated rings. The number of nitro benzene ring substituents is 1. The molecule has 1 aromatic heterocycles. The first-order valence-electron chi connectivity index (χ1n) is 10.6. The lowest BCUT2D eigenvalue weighted by molar-refractivity contribution is -0.385. The maximum Gasteiger partial charge on any atom is 0.274 e. The molecule has 188 valence electrons. The number of carbonyl (C=O) groups is 1. The molecule has 0 saturated heterocycles. The number of benzene rings is 2. The molecule has 1 heterocycles. The Hall–Kier alpha value is -4.39. The van der Waals surface area contributed by atoms with Crippen LogP contribution in [0.5, 0.6) is 17.2 Å². The minimum Gasteiger partial charge on any atom is -0.504 e. The van der Waals surface area contributed by atoms with E-state index >= 15 is 0 Å². The van der Waals surface area contributed by atoms with E-state index in [0.717, 1.165) is 30.1 Å². The quantitative estimate of drug-likeness (QED) is 0.122. The van der Waals surface area contributed by atoms with Gasteiger partial charge in [-0.05, 0) is 19.1 Å². The highest BCUT2D eigenvalue weighted by molar-refractivity contribution is 8.00. The fourth-order valence-corrected chi connectivity index (χ4v) is 3.80. The summed E-state index contributed by atoms with van der Waals surface area (Å²) in [4.78, 5) is 23.0. The van der Waals surface area contributed by atoms with Crippen LogP contribution in [-0.2, 0) is 17.9 Å². The summed E-state index contributed by atoms with van der Waals surface area (Å²) in [5.74, 6) is 0.379. The van der Waals surface area contributed by atoms with Gasteiger partial charge in [0.25, 0.3) is 11.6 Å². The van der Waals surface area contributed by atoms with Gasteiger partial charge in [-0.25, -0.2) is 5.43 Å². The lowest BCUT2D eigenvalue weighted by Gasteiger charge is -2.12. The first-order valence-corrected chi connectivity index (χ1v) is 11.5. The summed E-state index contributed by atoms with van der Waals surface area (Å²) in [5, 5.41) is 33.3. The third-order valence-corrected chi connectivity index (χ3v) is 5.85. The van der Waals surface area contributed by atoms with Crippen molar-refractivity contribution in [1.82, 2.24) is 20.2 Å². The van der Waals surface area contributed by atoms with Crippen LogP contribution in [0, 0.1) is 10.1 Å². The number of aromatic nitrogens is 3. The molecule has 2 aromatic carbocycles. The number of aromatic hydroxyl groups is 1. The number of phenolic OH excluding ortho intramolecular Hbond substituents is 1. The Kier molecular flexibility index (Phi) is 9.00. The molecule has 1 amide bonds. The molecule has 0 spiro atoms. The van der Waals surface area contributed by atoms with Crippen LogP contribution in [0.1, 0.15) is 18.3 Å². The van der Waals surface area contributed by atoms with E-state index in [1.54, 1.807) is 17.6 Å². The maximum atomic E-state index is 12.6. The van der Waals surface area contributed by atoms with E-state index in [1.807, 2.05) is 30.3 Å². The smallest absolute Gasteiger partial charge is 0.274 e. The molecule has 0 unspecified atom stereocenters. The SMILES string of the molecule is C=CCn1c(COc2ccccc2)nnc1S[C@@H](C)C(=O)N/N=C\c1cc([N+](=O)[O-])cc(OC)c1O. The van der Waals surface area contributed by atoms with Gasteiger partial charge in [-0.2, -0.15) is 5.10 Å². The van der Waals surface area contributed by atoms with Gasteiger partial charge in [-0.15, -0.1) is 16.8 Å². The Labute approximate surface area is 210 Å². The molecule has 1 atom stereocenters. The van der Waals surface area contributed by atoms with Crippen molar-refractivity contribution < 1.29 is 24.3 Å². The molecule has 0 saturated carbocycles. The number of phenols is 1. The third-order valence-electron chi connectivity index (χ3n) is 4.77. The van der Waals surface area contributed by atoms with Crippen LogP contribution in [0.3, 0.4) is 0 Å². The number of hydrogen-bond acceptors (Lipinski definition) is 10. The number of para-hydroxylation sites is 1. The Bertz CT molecular complexity index is 1260. The monoisotopic (exact) mass is 512 g/mol. The normalized spacial score (nSPS) is 11.7. The highest BCUT2D eigenvalue weighted by Crippen LogP contribution is 2.33. The first-order chi connectivity index (χ1) is 17.3. The van der Waals surface area contributed by atoms with E-state index in [2.05, 4.69) is 27.3 Å². The summed E-state index contributed by atoms with van der Waals surface area (Å²) in [7, 11) is 1.27. The number of allylic oxidation sites excluding steroid dienone is 1. The largest absolute Gasteiger partial charge is 0.504 e. The van der Waals surface area contributed by atoms with Crippen molar-refractivity contribution in [1.29, 1.82) is 0 Å². The number of methoxy groups -OCH3 is 1. The van der Waals surface area contributed by atoms with Gasteiger partial charge in [0.1, 0.15) is 12.4 Å². The van der Waals surface area contributed by atoms with E-state index < -0.39 is 16.1 Å². The fraction of sp³-hybridized carbons (Fsp3) is 0.217. The topological polar surface area (TPSA) is 154 Å². The van der Waals surface area contributed by atoms with Gasteiger partial charge in [-0.3, -0.25) is 19.5 Å². The molecular formula is C23H24N6O6S. The van der Waals surface area contributed by atoms with Gasteiger partial charge >= 0.3 is 0 Å². The molecular weight excluding hydrogens is 488 g/mol. The van der Waals surface area contributed by atoms with Crippen LogP contribution in [0.15, 0.2) is 65.4 Å². The number of nitrogens with zero attached hydrogens (tertiary/aromatic N) is 5. The number of amides is 1. The third kappa shape index (κ3) is 6.60. The second-order valence-corrected chi connectivity index (χ2v) is 8.55. The summed E-state index contributed by atoms with van der Waals surface area (Å²) >= 11 is 1.16. The van der Waals surface area contributed by atoms with Gasteiger partial charge in [0.05, 0.1) is 29.6 Å². The van der Waals surface area contributed by atoms with E-state index in [-0.39, 0.29) is 29.4 Å². The Morgan fingerprint density at radius 1 is 1.36 bits per heavy atom. The molecule has 0 radical (unpaired) electrons. The molecule has 13 heteroatoms. The summed E-state index contributed by atoms with van der Waals surface area (Å²) in [5.41, 5.74) is 2.07. The predicted octanol–water partition coefficient (Wildman–Crippen LogP) is 3.30. The highest BCUT2D eigenvalue weighted by Gasteiger charge is 2.20. The van der Waals surface area contributed by atoms with Crippen molar-refractivity contribution in [2.45, 2.75) is 30.5 Å². The fourth-order valence-electron chi connectivity index (χ4n) is 2.93. The van der Waals surface area contributed by atoms with Crippen LogP contribution in [-0.4, -0.2) is 49.3 Å². The van der Waals surface area contributed by atoms with Crippen molar-refractivity contribution in [3.63, 3.8) is 0 Å². The number of non-ortho nitro benzene ring substituents is 1. The van der Waals surface area contributed by atoms with E-state index in [4.69, 9.17) is 9.47 Å². The zero-order valence-corrected chi connectivity index (χ0v) is 20.3. The van der Waals surface area contributed by atoms with Crippen molar-refractivity contribution in [3.8, 4) is 17.2 Å². The van der Waals surface area contributed by atoms with Gasteiger partial charge in [0.2, 0.25) is 0 Å². The number of nitrogens with one attached hydrogen (secondary N) is 1. The lowest BCUT2D eigenvalue weighted by atomic mass is 10.2. The Balaban J connectivity index is 1.66. The number of carbonyl (C=O) groups excluding carboxylic acids is 1. The van der Waals surface area contributed by atoms with E-state index in [9.17, 15) is 20.0 Å². The molecule has 0 aliphatic carbocycles. The van der Waals surface area contributed by atoms with E-state index in [1.165, 1.54) is 7.11 Å². The van der Waals surface area contributed by atoms with Crippen LogP contribution in [0.4, 0.5) is 5.69 Å². The number of nitro groups is 1. The Morgan fingerprint density at radius 3 is 2.78 bits per heavy atom. The zero-order valence-electron chi connectivity index (χ0n) is 19.5. The second kappa shape index (κ2) is 12.4. The summed E-state index contributed by atoms with van der Waals surface area (Å²) in [6.45, 7) is 6.03. The second-order valence-electron chi connectivity index (χ2n) is 7.24. The highest BCUT2D eigenvalue weighted by atomic mass is 32.2. The van der Waals surface area contributed by atoms with Crippen molar-refractivity contribution >= 4 is 29.6 Å². The van der Waals surface area contributed by atoms with Crippen LogP contribution in [0.2, 0.25) is 0 Å². The molecule has 0 aliphatic heterocycles. The van der Waals surface area contributed by atoms with Crippen LogP contribution < -0.4 is 14.9 Å². The minimum absolute atomic E-state index is 0.00967. The molecule has 0 aliphatic rings. The minimum atomic E-state index is -0.630. The van der Waals surface area contributed by atoms with Crippen molar-refractivity contribution in [2.24, 2.45) is 5.10 Å². The number of hydrogen-bond donors (Lipinski definition) is 2. The van der Waals surface area contributed by atoms with Crippen LogP contribution in [0.25, 0.3) is 0 Å². The van der Waals surface area contributed by atoms with Gasteiger partial charge in [0.15, 0.2) is 22.5 Å². The summed E-state index contributed by atoms with van der Waals surface area (Å²) < 4.78 is 12.5. The molecule has 3 rings (SSSR count). The zero-order chi connectivity index (χ0) is 26.1. The number of rotatable bonds is 12. The van der Waals surface area contributed by atoms with Crippen molar-refractivity contribution in [2.75, 3.05) is 7.11 Å². The van der Waals surface area contributed by atoms with Gasteiger partial charge in [-0.1, -0.05) is 36.0 Å². The van der Waals surface area contributed by atoms with Crippen LogP contribution >= 0.6 is 11.8 Å². The molecule has 0 bridgehead atoms. The average Bonchev–Trinajstić information content (AvgIpc) is 3.25. The first kappa shape index (κ1) is 26.2. The maximum absolute atomic E-state index is 12.6. The lowest BCUT2D eigenvalue weighted by Crippen LogP contribution is -2.27. The van der Waals surface area contributed by atoms with Gasteiger partial charge < -0.3 is 14.6 Å².